The third kappa shape index (κ3) is 2.08. The molecule has 1 N–H and O–H groups in total. The first-order valence-electron chi connectivity index (χ1n) is 4.25. The predicted molar refractivity (Wildman–Crippen MR) is 45.0 cm³/mol. The summed E-state index contributed by atoms with van der Waals surface area (Å²) in [6.07, 6.45) is 3.68. The lowest BCUT2D eigenvalue weighted by molar-refractivity contribution is 0.0947. The minimum atomic E-state index is -0.215. The maximum atomic E-state index is 11.3. The Morgan fingerprint density at radius 2 is 2.54 bits per heavy atom. The molecule has 0 saturated heterocycles. The molecule has 0 unspecified atom stereocenters. The fraction of sp³-hybridized carbons (Fsp3) is 0.444. The summed E-state index contributed by atoms with van der Waals surface area (Å²) < 4.78 is 4.71. The summed E-state index contributed by atoms with van der Waals surface area (Å²) in [6.45, 7) is 5.95. The number of rotatable bonds is 3. The van der Waals surface area contributed by atoms with Crippen LogP contribution in [-0.2, 0) is 0 Å². The van der Waals surface area contributed by atoms with Crippen molar-refractivity contribution in [2.24, 2.45) is 5.92 Å². The number of carbonyl (C=O) groups is 1. The number of oxazole rings is 1. The monoisotopic (exact) mass is 178 g/mol. The largest absolute Gasteiger partial charge is 0.448 e. The van der Waals surface area contributed by atoms with E-state index < -0.39 is 0 Å². The molecule has 1 fully saturated rings. The number of nitrogens with zero attached hydrogens (tertiary/aromatic N) is 1. The third-order valence-electron chi connectivity index (χ3n) is 2.00. The highest BCUT2D eigenvalue weighted by Crippen LogP contribution is 2.27. The zero-order chi connectivity index (χ0) is 9.26. The molecule has 13 heavy (non-hydrogen) atoms. The lowest BCUT2D eigenvalue weighted by Gasteiger charge is -1.98. The average molecular weight is 178 g/mol. The van der Waals surface area contributed by atoms with E-state index in [1.165, 1.54) is 19.1 Å². The fourth-order valence-electron chi connectivity index (χ4n) is 1.04. The van der Waals surface area contributed by atoms with E-state index in [1.807, 2.05) is 0 Å². The number of amides is 1. The van der Waals surface area contributed by atoms with Gasteiger partial charge in [0.05, 0.1) is 6.92 Å². The SMILES string of the molecule is [CH]c1nc(C(=O)NCC2CC2)co1. The highest BCUT2D eigenvalue weighted by molar-refractivity contribution is 5.91. The van der Waals surface area contributed by atoms with Gasteiger partial charge in [0.1, 0.15) is 6.26 Å². The van der Waals surface area contributed by atoms with E-state index in [1.54, 1.807) is 0 Å². The van der Waals surface area contributed by atoms with Crippen molar-refractivity contribution >= 4 is 5.91 Å². The van der Waals surface area contributed by atoms with Crippen LogP contribution < -0.4 is 5.32 Å². The van der Waals surface area contributed by atoms with Gasteiger partial charge in [0, 0.05) is 6.54 Å². The van der Waals surface area contributed by atoms with Crippen LogP contribution in [0.1, 0.15) is 29.2 Å². The highest BCUT2D eigenvalue weighted by atomic mass is 16.3. The molecule has 4 heteroatoms. The van der Waals surface area contributed by atoms with Gasteiger partial charge in [-0.05, 0) is 18.8 Å². The van der Waals surface area contributed by atoms with Crippen LogP contribution in [0.25, 0.3) is 0 Å². The molecular formula is C9H10N2O2. The van der Waals surface area contributed by atoms with Crippen LogP contribution in [0.4, 0.5) is 0 Å². The molecule has 0 aromatic carbocycles. The standard InChI is InChI=1S/C9H10N2O2/c1-6-11-8(5-13-6)9(12)10-4-7-2-3-7/h1,5,7H,2-4H2,(H,10,12). The summed E-state index contributed by atoms with van der Waals surface area (Å²) in [7, 11) is 0. The van der Waals surface area contributed by atoms with Crippen molar-refractivity contribution in [3.05, 3.63) is 24.8 Å². The van der Waals surface area contributed by atoms with Crippen molar-refractivity contribution in [3.63, 3.8) is 0 Å². The van der Waals surface area contributed by atoms with E-state index in [9.17, 15) is 4.79 Å². The minimum Gasteiger partial charge on any atom is -0.448 e. The van der Waals surface area contributed by atoms with Gasteiger partial charge in [0.15, 0.2) is 11.6 Å². The molecule has 1 aliphatic carbocycles. The summed E-state index contributed by atoms with van der Waals surface area (Å²) >= 11 is 0. The van der Waals surface area contributed by atoms with E-state index in [0.717, 1.165) is 6.54 Å². The molecule has 68 valence electrons. The molecule has 1 aromatic rings. The quantitative estimate of drug-likeness (QED) is 0.747. The van der Waals surface area contributed by atoms with E-state index >= 15 is 0 Å². The molecule has 2 radical (unpaired) electrons. The zero-order valence-corrected chi connectivity index (χ0v) is 7.12. The molecule has 4 nitrogen and oxygen atoms in total. The van der Waals surface area contributed by atoms with Crippen molar-refractivity contribution in [1.29, 1.82) is 0 Å². The summed E-state index contributed by atoms with van der Waals surface area (Å²) in [5.74, 6) is 0.470. The van der Waals surface area contributed by atoms with Crippen molar-refractivity contribution in [1.82, 2.24) is 10.3 Å². The van der Waals surface area contributed by atoms with Gasteiger partial charge < -0.3 is 9.73 Å². The Balaban J connectivity index is 1.88. The summed E-state index contributed by atoms with van der Waals surface area (Å²) in [5, 5.41) is 2.76. The topological polar surface area (TPSA) is 55.1 Å². The molecule has 1 saturated carbocycles. The second-order valence-corrected chi connectivity index (χ2v) is 3.22. The molecule has 1 aromatic heterocycles. The lowest BCUT2D eigenvalue weighted by Crippen LogP contribution is -2.25. The van der Waals surface area contributed by atoms with Crippen molar-refractivity contribution in [3.8, 4) is 0 Å². The first-order chi connectivity index (χ1) is 6.25. The molecule has 0 spiro atoms. The molecule has 1 amide bonds. The number of carbonyl (C=O) groups excluding carboxylic acids is 1. The predicted octanol–water partition coefficient (Wildman–Crippen LogP) is 0.874. The van der Waals surface area contributed by atoms with Gasteiger partial charge in [-0.3, -0.25) is 4.79 Å². The molecule has 2 rings (SSSR count). The third-order valence-corrected chi connectivity index (χ3v) is 2.00. The van der Waals surface area contributed by atoms with Crippen molar-refractivity contribution in [2.45, 2.75) is 12.8 Å². The van der Waals surface area contributed by atoms with Crippen LogP contribution in [-0.4, -0.2) is 17.4 Å². The Kier molecular flexibility index (Phi) is 2.04. The summed E-state index contributed by atoms with van der Waals surface area (Å²) in [4.78, 5) is 15.0. The van der Waals surface area contributed by atoms with Crippen molar-refractivity contribution in [2.75, 3.05) is 6.54 Å². The van der Waals surface area contributed by atoms with Gasteiger partial charge in [0.2, 0.25) is 0 Å². The van der Waals surface area contributed by atoms with Gasteiger partial charge in [-0.25, -0.2) is 4.98 Å². The summed E-state index contributed by atoms with van der Waals surface area (Å²) in [5.41, 5.74) is 0.248. The second-order valence-electron chi connectivity index (χ2n) is 3.22. The fourth-order valence-corrected chi connectivity index (χ4v) is 1.04. The molecule has 1 heterocycles. The molecule has 0 aliphatic heterocycles. The first-order valence-corrected chi connectivity index (χ1v) is 4.25. The number of aromatic nitrogens is 1. The first kappa shape index (κ1) is 8.29. The van der Waals surface area contributed by atoms with E-state index in [4.69, 9.17) is 11.3 Å². The van der Waals surface area contributed by atoms with Gasteiger partial charge in [-0.1, -0.05) is 0 Å². The average Bonchev–Trinajstić information content (AvgIpc) is 2.84. The Morgan fingerprint density at radius 1 is 1.77 bits per heavy atom. The highest BCUT2D eigenvalue weighted by Gasteiger charge is 2.22. The molecule has 0 atom stereocenters. The van der Waals surface area contributed by atoms with Crippen LogP contribution in [0.3, 0.4) is 0 Å². The zero-order valence-electron chi connectivity index (χ0n) is 7.12. The van der Waals surface area contributed by atoms with Crippen molar-refractivity contribution < 1.29 is 9.21 Å². The molecule has 1 aliphatic rings. The van der Waals surface area contributed by atoms with Gasteiger partial charge >= 0.3 is 0 Å². The number of nitrogens with one attached hydrogen (secondary N) is 1. The van der Waals surface area contributed by atoms with Gasteiger partial charge in [0.25, 0.3) is 5.91 Å². The Morgan fingerprint density at radius 3 is 3.08 bits per heavy atom. The lowest BCUT2D eigenvalue weighted by atomic mass is 10.4. The maximum Gasteiger partial charge on any atom is 0.273 e. The smallest absolute Gasteiger partial charge is 0.273 e. The van der Waals surface area contributed by atoms with E-state index in [2.05, 4.69) is 10.3 Å². The van der Waals surface area contributed by atoms with Crippen LogP contribution in [0.15, 0.2) is 10.7 Å². The van der Waals surface area contributed by atoms with Crippen LogP contribution in [0, 0.1) is 12.8 Å². The molecule has 0 bridgehead atoms. The van der Waals surface area contributed by atoms with E-state index in [0.29, 0.717) is 5.92 Å². The normalized spacial score (nSPS) is 15.8. The van der Waals surface area contributed by atoms with Crippen LogP contribution in [0.2, 0.25) is 0 Å². The Bertz CT molecular complexity index is 315. The van der Waals surface area contributed by atoms with E-state index in [-0.39, 0.29) is 17.5 Å². The number of hydrogen-bond donors (Lipinski definition) is 1. The Hall–Kier alpha value is -1.32. The van der Waals surface area contributed by atoms with Crippen LogP contribution in [0.5, 0.6) is 0 Å². The summed E-state index contributed by atoms with van der Waals surface area (Å²) in [6, 6.07) is 0. The van der Waals surface area contributed by atoms with Gasteiger partial charge in [-0.15, -0.1) is 0 Å². The Labute approximate surface area is 76.3 Å². The minimum absolute atomic E-state index is 0.0246. The van der Waals surface area contributed by atoms with Gasteiger partial charge in [-0.2, -0.15) is 0 Å². The number of hydrogen-bond acceptors (Lipinski definition) is 3. The molecular weight excluding hydrogens is 168 g/mol. The van der Waals surface area contributed by atoms with Crippen LogP contribution >= 0.6 is 0 Å². The maximum absolute atomic E-state index is 11.3. The second kappa shape index (κ2) is 3.20.